The Balaban J connectivity index is 2.20. The summed E-state index contributed by atoms with van der Waals surface area (Å²) in [6.45, 7) is 2.00. The Bertz CT molecular complexity index is 189. The van der Waals surface area contributed by atoms with E-state index in [1.165, 1.54) is 0 Å². The number of aliphatic hydroxyl groups is 1. The SMILES string of the molecule is CC(O)C(N)CNC(=O)C1CCCC1. The summed E-state index contributed by atoms with van der Waals surface area (Å²) in [5, 5.41) is 11.9. The molecule has 0 aromatic heterocycles. The average Bonchev–Trinajstić information content (AvgIpc) is 2.66. The van der Waals surface area contributed by atoms with Gasteiger partial charge in [0.05, 0.1) is 6.10 Å². The van der Waals surface area contributed by atoms with E-state index in [9.17, 15) is 4.79 Å². The summed E-state index contributed by atoms with van der Waals surface area (Å²) in [6, 6.07) is -0.361. The smallest absolute Gasteiger partial charge is 0.223 e. The highest BCUT2D eigenvalue weighted by Crippen LogP contribution is 2.24. The number of aliphatic hydroxyl groups excluding tert-OH is 1. The Kier molecular flexibility index (Phi) is 4.35. The van der Waals surface area contributed by atoms with Gasteiger partial charge in [-0.1, -0.05) is 12.8 Å². The minimum atomic E-state index is -0.570. The van der Waals surface area contributed by atoms with Crippen molar-refractivity contribution in [1.29, 1.82) is 0 Å². The van der Waals surface area contributed by atoms with Crippen LogP contribution in [0.2, 0.25) is 0 Å². The second kappa shape index (κ2) is 5.32. The molecule has 1 aliphatic rings. The van der Waals surface area contributed by atoms with Crippen LogP contribution in [0, 0.1) is 5.92 Å². The quantitative estimate of drug-likeness (QED) is 0.598. The number of nitrogens with two attached hydrogens (primary N) is 1. The third kappa shape index (κ3) is 3.27. The second-order valence-corrected chi connectivity index (χ2v) is 4.13. The molecule has 0 heterocycles. The van der Waals surface area contributed by atoms with E-state index in [1.54, 1.807) is 6.92 Å². The van der Waals surface area contributed by atoms with Gasteiger partial charge in [0.25, 0.3) is 0 Å². The molecule has 0 spiro atoms. The first-order valence-electron chi connectivity index (χ1n) is 5.32. The van der Waals surface area contributed by atoms with E-state index in [0.29, 0.717) is 6.54 Å². The van der Waals surface area contributed by atoms with Crippen LogP contribution in [0.15, 0.2) is 0 Å². The van der Waals surface area contributed by atoms with Crippen molar-refractivity contribution in [3.8, 4) is 0 Å². The van der Waals surface area contributed by atoms with Gasteiger partial charge in [0.15, 0.2) is 0 Å². The Morgan fingerprint density at radius 1 is 1.57 bits per heavy atom. The van der Waals surface area contributed by atoms with E-state index in [-0.39, 0.29) is 17.9 Å². The Morgan fingerprint density at radius 2 is 2.14 bits per heavy atom. The highest BCUT2D eigenvalue weighted by Gasteiger charge is 2.22. The predicted molar refractivity (Wildman–Crippen MR) is 54.6 cm³/mol. The van der Waals surface area contributed by atoms with Crippen molar-refractivity contribution < 1.29 is 9.90 Å². The van der Waals surface area contributed by atoms with Gasteiger partial charge in [-0.2, -0.15) is 0 Å². The molecule has 1 fully saturated rings. The van der Waals surface area contributed by atoms with Crippen LogP contribution in [0.5, 0.6) is 0 Å². The molecule has 14 heavy (non-hydrogen) atoms. The van der Waals surface area contributed by atoms with Crippen molar-refractivity contribution >= 4 is 5.91 Å². The third-order valence-electron chi connectivity index (χ3n) is 2.86. The fourth-order valence-electron chi connectivity index (χ4n) is 1.72. The number of hydrogen-bond donors (Lipinski definition) is 3. The largest absolute Gasteiger partial charge is 0.392 e. The summed E-state index contributed by atoms with van der Waals surface area (Å²) < 4.78 is 0. The van der Waals surface area contributed by atoms with Crippen molar-refractivity contribution in [2.24, 2.45) is 11.7 Å². The van der Waals surface area contributed by atoms with E-state index >= 15 is 0 Å². The van der Waals surface area contributed by atoms with E-state index in [4.69, 9.17) is 10.8 Å². The maximum Gasteiger partial charge on any atom is 0.223 e. The van der Waals surface area contributed by atoms with Crippen LogP contribution < -0.4 is 11.1 Å². The molecule has 1 rings (SSSR count). The number of carbonyl (C=O) groups is 1. The maximum atomic E-state index is 11.5. The van der Waals surface area contributed by atoms with Gasteiger partial charge in [0.2, 0.25) is 5.91 Å². The molecule has 0 aromatic carbocycles. The number of nitrogens with one attached hydrogen (secondary N) is 1. The third-order valence-corrected chi connectivity index (χ3v) is 2.86. The summed E-state index contributed by atoms with van der Waals surface area (Å²) in [4.78, 5) is 11.5. The van der Waals surface area contributed by atoms with Crippen LogP contribution in [0.4, 0.5) is 0 Å². The van der Waals surface area contributed by atoms with E-state index in [1.807, 2.05) is 0 Å². The molecule has 2 unspecified atom stereocenters. The lowest BCUT2D eigenvalue weighted by atomic mass is 10.1. The first-order chi connectivity index (χ1) is 6.61. The molecule has 0 aromatic rings. The standard InChI is InChI=1S/C10H20N2O2/c1-7(13)9(11)6-12-10(14)8-4-2-3-5-8/h7-9,13H,2-6,11H2,1H3,(H,12,14). The lowest BCUT2D eigenvalue weighted by Gasteiger charge is -2.17. The van der Waals surface area contributed by atoms with E-state index in [2.05, 4.69) is 5.32 Å². The van der Waals surface area contributed by atoms with Crippen molar-refractivity contribution in [3.63, 3.8) is 0 Å². The molecular formula is C10H20N2O2. The molecule has 2 atom stereocenters. The van der Waals surface area contributed by atoms with Gasteiger partial charge in [-0.25, -0.2) is 0 Å². The number of rotatable bonds is 4. The first kappa shape index (κ1) is 11.5. The van der Waals surface area contributed by atoms with Gasteiger partial charge in [-0.15, -0.1) is 0 Å². The average molecular weight is 200 g/mol. The van der Waals surface area contributed by atoms with E-state index < -0.39 is 6.10 Å². The molecule has 0 radical (unpaired) electrons. The van der Waals surface area contributed by atoms with Crippen molar-refractivity contribution in [3.05, 3.63) is 0 Å². The number of carbonyl (C=O) groups excluding carboxylic acids is 1. The monoisotopic (exact) mass is 200 g/mol. The molecule has 4 heteroatoms. The van der Waals surface area contributed by atoms with Crippen LogP contribution in [0.3, 0.4) is 0 Å². The lowest BCUT2D eigenvalue weighted by molar-refractivity contribution is -0.124. The zero-order valence-electron chi connectivity index (χ0n) is 8.70. The Morgan fingerprint density at radius 3 is 2.64 bits per heavy atom. The second-order valence-electron chi connectivity index (χ2n) is 4.13. The Labute approximate surface area is 84.9 Å². The zero-order valence-corrected chi connectivity index (χ0v) is 8.70. The van der Waals surface area contributed by atoms with Gasteiger partial charge in [0.1, 0.15) is 0 Å². The molecule has 0 saturated heterocycles. The molecule has 4 N–H and O–H groups in total. The van der Waals surface area contributed by atoms with Crippen LogP contribution in [0.25, 0.3) is 0 Å². The molecule has 1 amide bonds. The summed E-state index contributed by atoms with van der Waals surface area (Å²) in [5.41, 5.74) is 5.60. The highest BCUT2D eigenvalue weighted by atomic mass is 16.3. The van der Waals surface area contributed by atoms with Crippen LogP contribution in [-0.4, -0.2) is 29.7 Å². The number of amides is 1. The van der Waals surface area contributed by atoms with Gasteiger partial charge < -0.3 is 16.2 Å². The van der Waals surface area contributed by atoms with Crippen LogP contribution >= 0.6 is 0 Å². The summed E-state index contributed by atoms with van der Waals surface area (Å²) >= 11 is 0. The maximum absolute atomic E-state index is 11.5. The Hall–Kier alpha value is -0.610. The molecule has 82 valence electrons. The fraction of sp³-hybridized carbons (Fsp3) is 0.900. The zero-order chi connectivity index (χ0) is 10.6. The van der Waals surface area contributed by atoms with Crippen molar-refractivity contribution in [1.82, 2.24) is 5.32 Å². The van der Waals surface area contributed by atoms with Gasteiger partial charge >= 0.3 is 0 Å². The lowest BCUT2D eigenvalue weighted by Crippen LogP contribution is -2.44. The molecule has 1 saturated carbocycles. The summed E-state index contributed by atoms with van der Waals surface area (Å²) in [6.07, 6.45) is 3.73. The van der Waals surface area contributed by atoms with Crippen LogP contribution in [0.1, 0.15) is 32.6 Å². The molecule has 1 aliphatic carbocycles. The molecule has 0 aliphatic heterocycles. The summed E-state index contributed by atoms with van der Waals surface area (Å²) in [7, 11) is 0. The molecule has 0 bridgehead atoms. The van der Waals surface area contributed by atoms with Crippen molar-refractivity contribution in [2.45, 2.75) is 44.8 Å². The normalized spacial score (nSPS) is 21.9. The molecule has 4 nitrogen and oxygen atoms in total. The fourth-order valence-corrected chi connectivity index (χ4v) is 1.72. The minimum Gasteiger partial charge on any atom is -0.392 e. The van der Waals surface area contributed by atoms with Gasteiger partial charge in [0, 0.05) is 18.5 Å². The predicted octanol–water partition coefficient (Wildman–Crippen LogP) is 0.000900. The minimum absolute atomic E-state index is 0.0959. The molecular weight excluding hydrogens is 180 g/mol. The first-order valence-corrected chi connectivity index (χ1v) is 5.32. The van der Waals surface area contributed by atoms with Crippen molar-refractivity contribution in [2.75, 3.05) is 6.54 Å². The number of hydrogen-bond acceptors (Lipinski definition) is 3. The highest BCUT2D eigenvalue weighted by molar-refractivity contribution is 5.78. The van der Waals surface area contributed by atoms with Gasteiger partial charge in [-0.05, 0) is 19.8 Å². The summed E-state index contributed by atoms with van der Waals surface area (Å²) in [5.74, 6) is 0.273. The van der Waals surface area contributed by atoms with E-state index in [0.717, 1.165) is 25.7 Å². The topological polar surface area (TPSA) is 75.3 Å². The van der Waals surface area contributed by atoms with Gasteiger partial charge in [-0.3, -0.25) is 4.79 Å². The van der Waals surface area contributed by atoms with Crippen LogP contribution in [-0.2, 0) is 4.79 Å².